The molecule has 0 aromatic heterocycles. The average Bonchev–Trinajstić information content (AvgIpc) is 2.59. The molecule has 0 amide bonds. The Labute approximate surface area is 86.6 Å². The van der Waals surface area contributed by atoms with E-state index < -0.39 is 0 Å². The fraction of sp³-hybridized carbons (Fsp3) is 1.00. The summed E-state index contributed by atoms with van der Waals surface area (Å²) in [4.78, 5) is 0. The van der Waals surface area contributed by atoms with Crippen molar-refractivity contribution in [1.29, 1.82) is 0 Å². The van der Waals surface area contributed by atoms with Crippen molar-refractivity contribution in [2.24, 2.45) is 29.6 Å². The lowest BCUT2D eigenvalue weighted by molar-refractivity contribution is 0.0480. The van der Waals surface area contributed by atoms with Crippen molar-refractivity contribution in [2.75, 3.05) is 0 Å². The van der Waals surface area contributed by atoms with Crippen molar-refractivity contribution >= 4 is 0 Å². The molecule has 0 heterocycles. The van der Waals surface area contributed by atoms with Crippen LogP contribution in [0.1, 0.15) is 39.0 Å². The highest BCUT2D eigenvalue weighted by Crippen LogP contribution is 2.61. The van der Waals surface area contributed by atoms with E-state index in [1.165, 1.54) is 12.8 Å². The third-order valence-corrected chi connectivity index (χ3v) is 5.69. The van der Waals surface area contributed by atoms with E-state index in [0.717, 1.165) is 41.7 Å². The Morgan fingerprint density at radius 1 is 0.929 bits per heavy atom. The number of hydrogen-bond acceptors (Lipinski definition) is 1. The largest absolute Gasteiger partial charge is 0.311 e. The van der Waals surface area contributed by atoms with Crippen LogP contribution in [-0.2, 0) is 0 Å². The van der Waals surface area contributed by atoms with Gasteiger partial charge in [0.2, 0.25) is 0 Å². The van der Waals surface area contributed by atoms with E-state index in [9.17, 15) is 0 Å². The minimum Gasteiger partial charge on any atom is -0.311 e. The normalized spacial score (nSPS) is 63.6. The van der Waals surface area contributed by atoms with Gasteiger partial charge in [-0.1, -0.05) is 6.92 Å². The minimum absolute atomic E-state index is 0.903. The second-order valence-electron chi connectivity index (χ2n) is 6.40. The molecule has 1 heteroatoms. The Balaban J connectivity index is 1.43. The summed E-state index contributed by atoms with van der Waals surface area (Å²) in [6, 6.07) is 1.84. The molecule has 7 atom stereocenters. The Hall–Kier alpha value is -0.0400. The lowest BCUT2D eigenvalue weighted by atomic mass is 9.62. The molecule has 0 aliphatic heterocycles. The van der Waals surface area contributed by atoms with E-state index in [4.69, 9.17) is 0 Å². The van der Waals surface area contributed by atoms with Gasteiger partial charge in [0.05, 0.1) is 0 Å². The third-order valence-electron chi connectivity index (χ3n) is 5.69. The van der Waals surface area contributed by atoms with Crippen LogP contribution >= 0.6 is 0 Å². The molecule has 1 N–H and O–H groups in total. The van der Waals surface area contributed by atoms with E-state index in [0.29, 0.717) is 0 Å². The molecule has 78 valence electrons. The Morgan fingerprint density at radius 2 is 1.71 bits per heavy atom. The van der Waals surface area contributed by atoms with Crippen LogP contribution in [0.2, 0.25) is 0 Å². The summed E-state index contributed by atoms with van der Waals surface area (Å²) in [6.07, 6.45) is 7.69. The van der Waals surface area contributed by atoms with E-state index in [1.807, 2.05) is 0 Å². The Morgan fingerprint density at radius 3 is 2.43 bits per heavy atom. The Bertz CT molecular complexity index is 260. The van der Waals surface area contributed by atoms with Crippen LogP contribution in [0.25, 0.3) is 0 Å². The van der Waals surface area contributed by atoms with Crippen LogP contribution in [0.4, 0.5) is 0 Å². The molecular formula is C13H21N. The fourth-order valence-electron chi connectivity index (χ4n) is 4.69. The molecule has 0 saturated heterocycles. The number of nitrogens with one attached hydrogen (secondary N) is 1. The van der Waals surface area contributed by atoms with Crippen LogP contribution in [0.3, 0.4) is 0 Å². The molecule has 0 radical (unpaired) electrons. The molecule has 2 bridgehead atoms. The maximum Gasteiger partial charge on any atom is 0.0106 e. The van der Waals surface area contributed by atoms with E-state index >= 15 is 0 Å². The predicted octanol–water partition coefficient (Wildman–Crippen LogP) is 2.42. The highest BCUT2D eigenvalue weighted by atomic mass is 15.0. The Kier molecular flexibility index (Phi) is 1.49. The van der Waals surface area contributed by atoms with Crippen molar-refractivity contribution in [2.45, 2.75) is 51.1 Å². The molecule has 1 nitrogen and oxygen atoms in total. The van der Waals surface area contributed by atoms with Gasteiger partial charge >= 0.3 is 0 Å². The van der Waals surface area contributed by atoms with Crippen molar-refractivity contribution < 1.29 is 0 Å². The van der Waals surface area contributed by atoms with E-state index in [1.54, 1.807) is 19.3 Å². The summed E-state index contributed by atoms with van der Waals surface area (Å²) < 4.78 is 0. The fourth-order valence-corrected chi connectivity index (χ4v) is 4.69. The van der Waals surface area contributed by atoms with E-state index in [-0.39, 0.29) is 0 Å². The number of rotatable bonds is 2. The maximum absolute atomic E-state index is 3.90. The van der Waals surface area contributed by atoms with Crippen molar-refractivity contribution in [1.82, 2.24) is 5.32 Å². The second-order valence-corrected chi connectivity index (χ2v) is 6.40. The van der Waals surface area contributed by atoms with Gasteiger partial charge in [0.1, 0.15) is 0 Å². The first-order chi connectivity index (χ1) is 6.83. The molecule has 5 unspecified atom stereocenters. The third kappa shape index (κ3) is 0.946. The molecule has 0 aromatic carbocycles. The van der Waals surface area contributed by atoms with Gasteiger partial charge in [0, 0.05) is 12.1 Å². The van der Waals surface area contributed by atoms with Gasteiger partial charge in [0.15, 0.2) is 0 Å². The highest BCUT2D eigenvalue weighted by Gasteiger charge is 2.57. The molecule has 4 saturated carbocycles. The summed E-state index contributed by atoms with van der Waals surface area (Å²) in [5, 5.41) is 3.90. The summed E-state index contributed by atoms with van der Waals surface area (Å²) in [5.74, 6) is 5.53. The standard InChI is InChI=1S/C13H21N/c1-7-4-11(7)14-12-6-10-8-2-3-9(5-8)13(10)12/h7-14H,2-6H2,1H3/t7-,8?,9?,10?,11-,12?,13?/m1/s1. The van der Waals surface area contributed by atoms with Crippen molar-refractivity contribution in [3.63, 3.8) is 0 Å². The molecule has 4 rings (SSSR count). The zero-order valence-corrected chi connectivity index (χ0v) is 9.08. The van der Waals surface area contributed by atoms with Crippen LogP contribution in [-0.4, -0.2) is 12.1 Å². The van der Waals surface area contributed by atoms with E-state index in [2.05, 4.69) is 12.2 Å². The molecular weight excluding hydrogens is 170 g/mol. The van der Waals surface area contributed by atoms with Gasteiger partial charge in [-0.15, -0.1) is 0 Å². The number of fused-ring (bicyclic) bond motifs is 5. The first-order valence-corrected chi connectivity index (χ1v) is 6.59. The first kappa shape index (κ1) is 8.15. The van der Waals surface area contributed by atoms with Gasteiger partial charge in [0.25, 0.3) is 0 Å². The predicted molar refractivity (Wildman–Crippen MR) is 56.9 cm³/mol. The van der Waals surface area contributed by atoms with Gasteiger partial charge in [-0.2, -0.15) is 0 Å². The smallest absolute Gasteiger partial charge is 0.0106 e. The molecule has 14 heavy (non-hydrogen) atoms. The zero-order chi connectivity index (χ0) is 9.28. The van der Waals surface area contributed by atoms with Gasteiger partial charge in [-0.05, 0) is 61.7 Å². The summed E-state index contributed by atoms with van der Waals surface area (Å²) in [5.41, 5.74) is 0. The first-order valence-electron chi connectivity index (χ1n) is 6.59. The van der Waals surface area contributed by atoms with Crippen LogP contribution < -0.4 is 5.32 Å². The SMILES string of the molecule is C[C@@H]1C[C@H]1NC1CC2C3CCC(C3)C12. The quantitative estimate of drug-likeness (QED) is 0.707. The zero-order valence-electron chi connectivity index (χ0n) is 9.08. The average molecular weight is 191 g/mol. The van der Waals surface area contributed by atoms with Crippen LogP contribution in [0, 0.1) is 29.6 Å². The van der Waals surface area contributed by atoms with Gasteiger partial charge in [-0.3, -0.25) is 0 Å². The van der Waals surface area contributed by atoms with Gasteiger partial charge < -0.3 is 5.32 Å². The minimum atomic E-state index is 0.903. The van der Waals surface area contributed by atoms with Crippen molar-refractivity contribution in [3.05, 3.63) is 0 Å². The van der Waals surface area contributed by atoms with Crippen LogP contribution in [0.15, 0.2) is 0 Å². The molecule has 4 aliphatic rings. The molecule has 0 aromatic rings. The summed E-state index contributed by atoms with van der Waals surface area (Å²) in [7, 11) is 0. The van der Waals surface area contributed by atoms with Crippen molar-refractivity contribution in [3.8, 4) is 0 Å². The number of hydrogen-bond donors (Lipinski definition) is 1. The van der Waals surface area contributed by atoms with Gasteiger partial charge in [-0.25, -0.2) is 0 Å². The molecule has 4 aliphatic carbocycles. The topological polar surface area (TPSA) is 12.0 Å². The monoisotopic (exact) mass is 191 g/mol. The lowest BCUT2D eigenvalue weighted by Crippen LogP contribution is -2.53. The highest BCUT2D eigenvalue weighted by molar-refractivity contribution is 5.10. The summed E-state index contributed by atoms with van der Waals surface area (Å²) in [6.45, 7) is 2.38. The maximum atomic E-state index is 3.90. The second kappa shape index (κ2) is 2.55. The summed E-state index contributed by atoms with van der Waals surface area (Å²) >= 11 is 0. The lowest BCUT2D eigenvalue weighted by Gasteiger charge is -2.48. The molecule has 0 spiro atoms. The van der Waals surface area contributed by atoms with Crippen LogP contribution in [0.5, 0.6) is 0 Å². The molecule has 4 fully saturated rings.